The molecule has 0 aliphatic carbocycles. The summed E-state index contributed by atoms with van der Waals surface area (Å²) in [6, 6.07) is 15.7. The number of rotatable bonds is 5. The number of alkyl halides is 1. The van der Waals surface area contributed by atoms with E-state index in [2.05, 4.69) is 15.9 Å². The fourth-order valence-corrected chi connectivity index (χ4v) is 2.78. The van der Waals surface area contributed by atoms with Crippen molar-refractivity contribution in [3.05, 3.63) is 69.7 Å². The fourth-order valence-electron chi connectivity index (χ4n) is 2.14. The predicted molar refractivity (Wildman–Crippen MR) is 90.8 cm³/mol. The van der Waals surface area contributed by atoms with Gasteiger partial charge in [0, 0.05) is 23.4 Å². The second-order valence-electron chi connectivity index (χ2n) is 4.84. The van der Waals surface area contributed by atoms with Crippen molar-refractivity contribution in [2.45, 2.75) is 13.5 Å². The fraction of sp³-hybridized carbons (Fsp3) is 0.235. The van der Waals surface area contributed by atoms with Crippen molar-refractivity contribution in [3.63, 3.8) is 0 Å². The van der Waals surface area contributed by atoms with Crippen LogP contribution < -0.4 is 0 Å². The normalized spacial score (nSPS) is 10.4. The summed E-state index contributed by atoms with van der Waals surface area (Å²) >= 11 is 9.36. The van der Waals surface area contributed by atoms with Crippen LogP contribution in [0.5, 0.6) is 0 Å². The van der Waals surface area contributed by atoms with E-state index in [9.17, 15) is 4.79 Å². The number of amides is 1. The monoisotopic (exact) mass is 365 g/mol. The Hall–Kier alpha value is -1.32. The Kier molecular flexibility index (Phi) is 5.83. The third-order valence-electron chi connectivity index (χ3n) is 3.28. The molecule has 2 nitrogen and oxygen atoms in total. The SMILES string of the molecule is Cc1cccc(C(=O)N(CCCl)Cc2ccccc2)c1Br. The lowest BCUT2D eigenvalue weighted by atomic mass is 10.1. The zero-order valence-electron chi connectivity index (χ0n) is 11.9. The van der Waals surface area contributed by atoms with Gasteiger partial charge in [-0.15, -0.1) is 11.6 Å². The first-order valence-corrected chi connectivity index (χ1v) is 8.10. The van der Waals surface area contributed by atoms with Crippen molar-refractivity contribution in [3.8, 4) is 0 Å². The van der Waals surface area contributed by atoms with E-state index in [4.69, 9.17) is 11.6 Å². The van der Waals surface area contributed by atoms with Gasteiger partial charge in [-0.05, 0) is 40.0 Å². The molecule has 0 saturated carbocycles. The van der Waals surface area contributed by atoms with Gasteiger partial charge in [-0.2, -0.15) is 0 Å². The molecule has 0 bridgehead atoms. The molecule has 2 aromatic rings. The molecular formula is C17H17BrClNO. The number of nitrogens with zero attached hydrogens (tertiary/aromatic N) is 1. The lowest BCUT2D eigenvalue weighted by Crippen LogP contribution is -2.32. The van der Waals surface area contributed by atoms with Gasteiger partial charge in [0.25, 0.3) is 5.91 Å². The van der Waals surface area contributed by atoms with Gasteiger partial charge >= 0.3 is 0 Å². The Morgan fingerprint density at radius 3 is 2.52 bits per heavy atom. The molecule has 0 aromatic heterocycles. The van der Waals surface area contributed by atoms with Gasteiger partial charge in [0.05, 0.1) is 5.56 Å². The highest BCUT2D eigenvalue weighted by molar-refractivity contribution is 9.10. The minimum Gasteiger partial charge on any atom is -0.333 e. The minimum absolute atomic E-state index is 0.00456. The number of carbonyl (C=O) groups is 1. The highest BCUT2D eigenvalue weighted by Gasteiger charge is 2.18. The lowest BCUT2D eigenvalue weighted by molar-refractivity contribution is 0.0752. The second-order valence-corrected chi connectivity index (χ2v) is 6.01. The minimum atomic E-state index is -0.00456. The molecule has 0 saturated heterocycles. The summed E-state index contributed by atoms with van der Waals surface area (Å²) in [6.07, 6.45) is 0. The average molecular weight is 367 g/mol. The largest absolute Gasteiger partial charge is 0.333 e. The quantitative estimate of drug-likeness (QED) is 0.706. The summed E-state index contributed by atoms with van der Waals surface area (Å²) in [5.41, 5.74) is 2.82. The van der Waals surface area contributed by atoms with E-state index in [1.165, 1.54) is 0 Å². The summed E-state index contributed by atoms with van der Waals surface area (Å²) in [6.45, 7) is 3.06. The van der Waals surface area contributed by atoms with E-state index in [1.807, 2.05) is 55.5 Å². The molecule has 2 aromatic carbocycles. The lowest BCUT2D eigenvalue weighted by Gasteiger charge is -2.23. The van der Waals surface area contributed by atoms with Crippen molar-refractivity contribution in [2.24, 2.45) is 0 Å². The molecule has 21 heavy (non-hydrogen) atoms. The molecule has 0 spiro atoms. The average Bonchev–Trinajstić information content (AvgIpc) is 2.50. The Bertz CT molecular complexity index is 615. The third kappa shape index (κ3) is 4.08. The molecule has 0 radical (unpaired) electrons. The molecule has 0 N–H and O–H groups in total. The van der Waals surface area contributed by atoms with Crippen LogP contribution in [0.15, 0.2) is 53.0 Å². The molecule has 2 rings (SSSR count). The highest BCUT2D eigenvalue weighted by atomic mass is 79.9. The van der Waals surface area contributed by atoms with Crippen molar-refractivity contribution in [1.29, 1.82) is 0 Å². The van der Waals surface area contributed by atoms with E-state index in [-0.39, 0.29) is 5.91 Å². The van der Waals surface area contributed by atoms with Crippen LogP contribution in [0.2, 0.25) is 0 Å². The third-order valence-corrected chi connectivity index (χ3v) is 4.50. The molecule has 1 amide bonds. The van der Waals surface area contributed by atoms with E-state index < -0.39 is 0 Å². The zero-order chi connectivity index (χ0) is 15.2. The standard InChI is InChI=1S/C17H17BrClNO/c1-13-6-5-9-15(16(13)18)17(21)20(11-10-19)12-14-7-3-2-4-8-14/h2-9H,10-12H2,1H3. The topological polar surface area (TPSA) is 20.3 Å². The van der Waals surface area contributed by atoms with Gasteiger partial charge in [0.2, 0.25) is 0 Å². The van der Waals surface area contributed by atoms with Crippen molar-refractivity contribution >= 4 is 33.4 Å². The molecule has 0 heterocycles. The van der Waals surface area contributed by atoms with Crippen molar-refractivity contribution in [2.75, 3.05) is 12.4 Å². The first-order chi connectivity index (χ1) is 10.1. The van der Waals surface area contributed by atoms with Crippen LogP contribution in [0, 0.1) is 6.92 Å². The van der Waals surface area contributed by atoms with Crippen LogP contribution >= 0.6 is 27.5 Å². The Labute approximate surface area is 138 Å². The van der Waals surface area contributed by atoms with E-state index in [0.717, 1.165) is 15.6 Å². The molecule has 0 aliphatic heterocycles. The van der Waals surface area contributed by atoms with Gasteiger partial charge in [-0.3, -0.25) is 4.79 Å². The number of hydrogen-bond acceptors (Lipinski definition) is 1. The summed E-state index contributed by atoms with van der Waals surface area (Å²) in [4.78, 5) is 14.5. The van der Waals surface area contributed by atoms with Gasteiger partial charge in [0.1, 0.15) is 0 Å². The van der Waals surface area contributed by atoms with Gasteiger partial charge in [-0.25, -0.2) is 0 Å². The molecule has 110 valence electrons. The molecule has 0 fully saturated rings. The van der Waals surface area contributed by atoms with E-state index in [0.29, 0.717) is 24.5 Å². The van der Waals surface area contributed by atoms with Crippen LogP contribution in [0.1, 0.15) is 21.5 Å². The van der Waals surface area contributed by atoms with Gasteiger partial charge < -0.3 is 4.90 Å². The summed E-state index contributed by atoms with van der Waals surface area (Å²) in [5, 5.41) is 0. The number of benzene rings is 2. The summed E-state index contributed by atoms with van der Waals surface area (Å²) in [7, 11) is 0. The Morgan fingerprint density at radius 2 is 1.86 bits per heavy atom. The smallest absolute Gasteiger partial charge is 0.255 e. The van der Waals surface area contributed by atoms with E-state index in [1.54, 1.807) is 4.90 Å². The predicted octanol–water partition coefficient (Wildman–Crippen LogP) is 4.64. The van der Waals surface area contributed by atoms with Crippen LogP contribution in [0.3, 0.4) is 0 Å². The Morgan fingerprint density at radius 1 is 1.14 bits per heavy atom. The second kappa shape index (κ2) is 7.62. The van der Waals surface area contributed by atoms with Crippen LogP contribution in [-0.2, 0) is 6.54 Å². The molecule has 0 unspecified atom stereocenters. The molecule has 0 aliphatic rings. The van der Waals surface area contributed by atoms with E-state index >= 15 is 0 Å². The first kappa shape index (κ1) is 16.1. The molecule has 4 heteroatoms. The number of carbonyl (C=O) groups excluding carboxylic acids is 1. The highest BCUT2D eigenvalue weighted by Crippen LogP contribution is 2.23. The van der Waals surface area contributed by atoms with Crippen LogP contribution in [0.4, 0.5) is 0 Å². The van der Waals surface area contributed by atoms with Gasteiger partial charge in [0.15, 0.2) is 0 Å². The number of aryl methyl sites for hydroxylation is 1. The maximum atomic E-state index is 12.7. The van der Waals surface area contributed by atoms with Crippen molar-refractivity contribution in [1.82, 2.24) is 4.90 Å². The summed E-state index contributed by atoms with van der Waals surface area (Å²) in [5.74, 6) is 0.414. The number of hydrogen-bond donors (Lipinski definition) is 0. The summed E-state index contributed by atoms with van der Waals surface area (Å²) < 4.78 is 0.850. The Balaban J connectivity index is 2.25. The molecule has 0 atom stereocenters. The maximum Gasteiger partial charge on any atom is 0.255 e. The van der Waals surface area contributed by atoms with Crippen LogP contribution in [-0.4, -0.2) is 23.2 Å². The zero-order valence-corrected chi connectivity index (χ0v) is 14.2. The van der Waals surface area contributed by atoms with Crippen LogP contribution in [0.25, 0.3) is 0 Å². The molecular weight excluding hydrogens is 350 g/mol. The van der Waals surface area contributed by atoms with Gasteiger partial charge in [-0.1, -0.05) is 42.5 Å². The van der Waals surface area contributed by atoms with Crippen molar-refractivity contribution < 1.29 is 4.79 Å². The number of halogens is 2. The maximum absolute atomic E-state index is 12.7. The first-order valence-electron chi connectivity index (χ1n) is 6.77.